The van der Waals surface area contributed by atoms with Crippen molar-refractivity contribution in [3.8, 4) is 0 Å². The summed E-state index contributed by atoms with van der Waals surface area (Å²) in [5.41, 5.74) is 6.19. The molecular weight excluding hydrogens is 256 g/mol. The molecule has 7 heteroatoms. The predicted octanol–water partition coefficient (Wildman–Crippen LogP) is 1.51. The van der Waals surface area contributed by atoms with Gasteiger partial charge in [0.15, 0.2) is 0 Å². The number of nitrogens with one attached hydrogen (secondary N) is 1. The number of nitrogens with two attached hydrogens (primary N) is 1. The molecule has 1 aromatic heterocycles. The minimum atomic E-state index is -2.70. The second-order valence-corrected chi connectivity index (χ2v) is 4.48. The normalized spacial score (nSPS) is 21.9. The number of carbonyl (C=O) groups is 1. The van der Waals surface area contributed by atoms with Crippen molar-refractivity contribution >= 4 is 11.8 Å². The van der Waals surface area contributed by atoms with Crippen LogP contribution in [0.5, 0.6) is 0 Å². The van der Waals surface area contributed by atoms with Crippen molar-refractivity contribution in [2.24, 2.45) is 0 Å². The molecule has 0 aliphatic carbocycles. The van der Waals surface area contributed by atoms with Gasteiger partial charge in [0.2, 0.25) is 0 Å². The number of aromatic nitrogens is 1. The van der Waals surface area contributed by atoms with E-state index in [1.165, 1.54) is 19.2 Å². The second kappa shape index (κ2) is 5.08. The molecule has 0 bridgehead atoms. The van der Waals surface area contributed by atoms with E-state index in [9.17, 15) is 13.6 Å². The average molecular weight is 271 g/mol. The van der Waals surface area contributed by atoms with Gasteiger partial charge in [0.05, 0.1) is 18.8 Å². The lowest BCUT2D eigenvalue weighted by Gasteiger charge is -2.29. The molecule has 2 heterocycles. The zero-order valence-corrected chi connectivity index (χ0v) is 10.5. The Morgan fingerprint density at radius 2 is 2.32 bits per heavy atom. The maximum atomic E-state index is 13.3. The van der Waals surface area contributed by atoms with Gasteiger partial charge in [-0.25, -0.2) is 18.6 Å². The van der Waals surface area contributed by atoms with Crippen molar-refractivity contribution < 1.29 is 18.3 Å². The quantitative estimate of drug-likeness (QED) is 0.797. The van der Waals surface area contributed by atoms with Crippen molar-refractivity contribution in [1.29, 1.82) is 0 Å². The van der Waals surface area contributed by atoms with Gasteiger partial charge in [0.1, 0.15) is 11.4 Å². The van der Waals surface area contributed by atoms with E-state index >= 15 is 0 Å². The highest BCUT2D eigenvalue weighted by atomic mass is 19.3. The number of methoxy groups -OCH3 is 1. The third-order valence-electron chi connectivity index (χ3n) is 3.09. The second-order valence-electron chi connectivity index (χ2n) is 4.48. The number of pyridine rings is 1. The van der Waals surface area contributed by atoms with Gasteiger partial charge in [-0.15, -0.1) is 0 Å². The SMILES string of the molecule is COC(=O)c1ccc(C2CC(F)(F)CCN2)nc1N. The molecule has 1 aliphatic rings. The molecule has 1 aliphatic heterocycles. The number of piperidine rings is 1. The molecule has 1 saturated heterocycles. The standard InChI is InChI=1S/C12H15F2N3O2/c1-19-11(18)7-2-3-8(17-10(7)15)9-6-12(13,14)4-5-16-9/h2-3,9,16H,4-6H2,1H3,(H2,15,17). The zero-order chi connectivity index (χ0) is 14.0. The Bertz CT molecular complexity index is 494. The lowest BCUT2D eigenvalue weighted by Crippen LogP contribution is -2.38. The summed E-state index contributed by atoms with van der Waals surface area (Å²) in [7, 11) is 1.24. The molecule has 2 rings (SSSR count). The molecule has 1 atom stereocenters. The van der Waals surface area contributed by atoms with E-state index in [0.717, 1.165) is 0 Å². The Hall–Kier alpha value is -1.76. The number of hydrogen-bond acceptors (Lipinski definition) is 5. The molecule has 1 fully saturated rings. The maximum Gasteiger partial charge on any atom is 0.341 e. The molecule has 0 radical (unpaired) electrons. The first kappa shape index (κ1) is 13.7. The first-order valence-electron chi connectivity index (χ1n) is 5.89. The van der Waals surface area contributed by atoms with Crippen LogP contribution in [0.15, 0.2) is 12.1 Å². The molecule has 0 aromatic carbocycles. The molecule has 3 N–H and O–H groups in total. The lowest BCUT2D eigenvalue weighted by atomic mass is 9.97. The highest BCUT2D eigenvalue weighted by Gasteiger charge is 2.37. The third kappa shape index (κ3) is 2.98. The molecule has 0 spiro atoms. The number of nitrogen functional groups attached to an aromatic ring is 1. The minimum Gasteiger partial charge on any atom is -0.465 e. The van der Waals surface area contributed by atoms with Crippen molar-refractivity contribution in [1.82, 2.24) is 10.3 Å². The van der Waals surface area contributed by atoms with Crippen LogP contribution in [0.4, 0.5) is 14.6 Å². The Kier molecular flexibility index (Phi) is 3.66. The summed E-state index contributed by atoms with van der Waals surface area (Å²) in [5, 5.41) is 2.97. The number of halogens is 2. The lowest BCUT2D eigenvalue weighted by molar-refractivity contribution is -0.0420. The van der Waals surface area contributed by atoms with Crippen LogP contribution in [0, 0.1) is 0 Å². The summed E-state index contributed by atoms with van der Waals surface area (Å²) in [6.07, 6.45) is -0.504. The fraction of sp³-hybridized carbons (Fsp3) is 0.500. The number of carbonyl (C=O) groups excluding carboxylic acids is 1. The highest BCUT2D eigenvalue weighted by molar-refractivity contribution is 5.93. The number of anilines is 1. The maximum absolute atomic E-state index is 13.3. The third-order valence-corrected chi connectivity index (χ3v) is 3.09. The van der Waals surface area contributed by atoms with Gasteiger partial charge in [-0.05, 0) is 12.1 Å². The van der Waals surface area contributed by atoms with Crippen LogP contribution >= 0.6 is 0 Å². The van der Waals surface area contributed by atoms with E-state index in [1.54, 1.807) is 0 Å². The van der Waals surface area contributed by atoms with Crippen LogP contribution < -0.4 is 11.1 Å². The first-order chi connectivity index (χ1) is 8.93. The number of ether oxygens (including phenoxy) is 1. The number of rotatable bonds is 2. The fourth-order valence-electron chi connectivity index (χ4n) is 2.08. The molecule has 5 nitrogen and oxygen atoms in total. The smallest absolute Gasteiger partial charge is 0.341 e. The largest absolute Gasteiger partial charge is 0.465 e. The van der Waals surface area contributed by atoms with E-state index < -0.39 is 17.9 Å². The first-order valence-corrected chi connectivity index (χ1v) is 5.89. The molecule has 19 heavy (non-hydrogen) atoms. The van der Waals surface area contributed by atoms with Gasteiger partial charge in [-0.1, -0.05) is 0 Å². The van der Waals surface area contributed by atoms with Crippen LogP contribution in [0.2, 0.25) is 0 Å². The minimum absolute atomic E-state index is 0.0139. The summed E-state index contributed by atoms with van der Waals surface area (Å²) in [6.45, 7) is 0.220. The van der Waals surface area contributed by atoms with E-state index in [0.29, 0.717) is 5.69 Å². The molecular formula is C12H15F2N3O2. The van der Waals surface area contributed by atoms with E-state index in [1.807, 2.05) is 0 Å². The van der Waals surface area contributed by atoms with Crippen LogP contribution in [0.3, 0.4) is 0 Å². The molecule has 0 amide bonds. The zero-order valence-electron chi connectivity index (χ0n) is 10.5. The van der Waals surface area contributed by atoms with Gasteiger partial charge in [-0.2, -0.15) is 0 Å². The van der Waals surface area contributed by atoms with E-state index in [-0.39, 0.29) is 30.8 Å². The molecule has 104 valence electrons. The van der Waals surface area contributed by atoms with E-state index in [2.05, 4.69) is 15.0 Å². The summed E-state index contributed by atoms with van der Waals surface area (Å²) in [6, 6.07) is 2.40. The van der Waals surface area contributed by atoms with Gasteiger partial charge >= 0.3 is 5.97 Å². The van der Waals surface area contributed by atoms with Crippen molar-refractivity contribution in [3.05, 3.63) is 23.4 Å². The highest BCUT2D eigenvalue weighted by Crippen LogP contribution is 2.34. The Balaban J connectivity index is 2.22. The van der Waals surface area contributed by atoms with Gasteiger partial charge in [0, 0.05) is 19.4 Å². The van der Waals surface area contributed by atoms with Gasteiger partial charge in [-0.3, -0.25) is 0 Å². The molecule has 1 aromatic rings. The summed E-state index contributed by atoms with van der Waals surface area (Å²) in [5.74, 6) is -3.31. The summed E-state index contributed by atoms with van der Waals surface area (Å²) < 4.78 is 31.2. The van der Waals surface area contributed by atoms with Gasteiger partial charge < -0.3 is 15.8 Å². The monoisotopic (exact) mass is 271 g/mol. The Morgan fingerprint density at radius 1 is 1.58 bits per heavy atom. The van der Waals surface area contributed by atoms with Gasteiger partial charge in [0.25, 0.3) is 5.92 Å². The van der Waals surface area contributed by atoms with E-state index in [4.69, 9.17) is 5.73 Å². The number of alkyl halides is 2. The number of esters is 1. The van der Waals surface area contributed by atoms with Crippen LogP contribution in [0.25, 0.3) is 0 Å². The summed E-state index contributed by atoms with van der Waals surface area (Å²) in [4.78, 5) is 15.4. The fourth-order valence-corrected chi connectivity index (χ4v) is 2.08. The van der Waals surface area contributed by atoms with Crippen molar-refractivity contribution in [3.63, 3.8) is 0 Å². The van der Waals surface area contributed by atoms with Crippen LogP contribution in [-0.4, -0.2) is 30.5 Å². The van der Waals surface area contributed by atoms with Crippen LogP contribution in [-0.2, 0) is 4.74 Å². The topological polar surface area (TPSA) is 77.2 Å². The van der Waals surface area contributed by atoms with Crippen molar-refractivity contribution in [2.75, 3.05) is 19.4 Å². The average Bonchev–Trinajstić information content (AvgIpc) is 2.36. The predicted molar refractivity (Wildman–Crippen MR) is 64.9 cm³/mol. The summed E-state index contributed by atoms with van der Waals surface area (Å²) >= 11 is 0. The number of nitrogens with zero attached hydrogens (tertiary/aromatic N) is 1. The molecule has 1 unspecified atom stereocenters. The number of hydrogen-bond donors (Lipinski definition) is 2. The Morgan fingerprint density at radius 3 is 2.89 bits per heavy atom. The Labute approximate surface area is 109 Å². The van der Waals surface area contributed by atoms with Crippen molar-refractivity contribution in [2.45, 2.75) is 24.8 Å². The van der Waals surface area contributed by atoms with Crippen LogP contribution in [0.1, 0.15) is 34.9 Å². The molecule has 0 saturated carbocycles.